The molecule has 1 heterocycles. The number of hydrogen-bond acceptors (Lipinski definition) is 2. The summed E-state index contributed by atoms with van der Waals surface area (Å²) in [6.07, 6.45) is 3.39. The van der Waals surface area contributed by atoms with Crippen LogP contribution < -0.4 is 5.32 Å². The third-order valence-corrected chi connectivity index (χ3v) is 3.32. The zero-order chi connectivity index (χ0) is 13.1. The minimum Gasteiger partial charge on any atom is -0.480 e. The normalized spacial score (nSPS) is 12.8. The summed E-state index contributed by atoms with van der Waals surface area (Å²) in [5, 5.41) is 13.0. The first-order chi connectivity index (χ1) is 8.61. The maximum Gasteiger partial charge on any atom is 0.320 e. The van der Waals surface area contributed by atoms with Crippen LogP contribution in [0.1, 0.15) is 12.0 Å². The number of carbonyl (C=O) groups is 1. The van der Waals surface area contributed by atoms with Crippen LogP contribution in [-0.2, 0) is 18.3 Å². The highest BCUT2D eigenvalue weighted by molar-refractivity contribution is 5.80. The largest absolute Gasteiger partial charge is 0.480 e. The molecule has 2 rings (SSSR count). The average Bonchev–Trinajstić information content (AvgIpc) is 2.71. The summed E-state index contributed by atoms with van der Waals surface area (Å²) in [5.41, 5.74) is 2.36. The summed E-state index contributed by atoms with van der Waals surface area (Å²) < 4.78 is 2.07. The van der Waals surface area contributed by atoms with E-state index in [4.69, 9.17) is 5.11 Å². The van der Waals surface area contributed by atoms with E-state index in [9.17, 15) is 4.79 Å². The fourth-order valence-corrected chi connectivity index (χ4v) is 2.17. The molecule has 4 nitrogen and oxygen atoms in total. The van der Waals surface area contributed by atoms with Crippen LogP contribution in [0.5, 0.6) is 0 Å². The molecule has 0 radical (unpaired) electrons. The highest BCUT2D eigenvalue weighted by atomic mass is 16.4. The molecule has 4 heteroatoms. The van der Waals surface area contributed by atoms with E-state index in [1.807, 2.05) is 13.2 Å². The molecule has 0 aliphatic heterocycles. The van der Waals surface area contributed by atoms with Gasteiger partial charge in [-0.3, -0.25) is 4.79 Å². The van der Waals surface area contributed by atoms with Crippen molar-refractivity contribution >= 4 is 16.9 Å². The highest BCUT2D eigenvalue weighted by Gasteiger charge is 2.14. The van der Waals surface area contributed by atoms with Gasteiger partial charge in [-0.15, -0.1) is 0 Å². The lowest BCUT2D eigenvalue weighted by Crippen LogP contribution is -2.34. The van der Waals surface area contributed by atoms with Gasteiger partial charge in [0.25, 0.3) is 0 Å². The Bertz CT molecular complexity index is 560. The number of fused-ring (bicyclic) bond motifs is 1. The fraction of sp³-hybridized carbons (Fsp3) is 0.357. The number of nitrogens with zero attached hydrogens (tertiary/aromatic N) is 1. The molecule has 0 unspecified atom stereocenters. The van der Waals surface area contributed by atoms with Gasteiger partial charge < -0.3 is 15.0 Å². The minimum absolute atomic E-state index is 0.478. The first-order valence-electron chi connectivity index (χ1n) is 6.06. The molecule has 2 N–H and O–H groups in total. The maximum atomic E-state index is 10.9. The molecule has 18 heavy (non-hydrogen) atoms. The second kappa shape index (κ2) is 5.23. The molecule has 1 atom stereocenters. The number of nitrogens with one attached hydrogen (secondary N) is 1. The molecule has 1 aromatic carbocycles. The number of carboxylic acid groups (broad SMARTS) is 1. The van der Waals surface area contributed by atoms with Crippen LogP contribution in [0.15, 0.2) is 30.5 Å². The number of hydrogen-bond donors (Lipinski definition) is 2. The predicted octanol–water partition coefficient (Wildman–Crippen LogP) is 1.78. The first kappa shape index (κ1) is 12.6. The van der Waals surface area contributed by atoms with Crippen LogP contribution in [0.25, 0.3) is 10.9 Å². The number of likely N-dealkylation sites (N-methyl/N-ethyl adjacent to an activating group) is 1. The number of rotatable bonds is 5. The molecular weight excluding hydrogens is 228 g/mol. The van der Waals surface area contributed by atoms with Gasteiger partial charge >= 0.3 is 5.97 Å². The molecular formula is C14H18N2O2. The number of aliphatic carboxylic acids is 1. The summed E-state index contributed by atoms with van der Waals surface area (Å²) in [5.74, 6) is -0.794. The molecule has 0 saturated carbocycles. The van der Waals surface area contributed by atoms with Gasteiger partial charge in [0.15, 0.2) is 0 Å². The summed E-state index contributed by atoms with van der Waals surface area (Å²) >= 11 is 0. The summed E-state index contributed by atoms with van der Waals surface area (Å²) in [4.78, 5) is 10.9. The van der Waals surface area contributed by atoms with Crippen molar-refractivity contribution in [3.8, 4) is 0 Å². The number of aryl methyl sites for hydroxylation is 2. The van der Waals surface area contributed by atoms with E-state index in [2.05, 4.69) is 34.1 Å². The standard InChI is InChI=1S/C14H18N2O2/c1-15-12(14(17)18)6-4-10-3-5-11-7-8-16(2)13(11)9-10/h3,5,7-9,12,15H,4,6H2,1-2H3,(H,17,18)/t12-/m0/s1. The smallest absolute Gasteiger partial charge is 0.320 e. The van der Waals surface area contributed by atoms with Crippen LogP contribution in [0.2, 0.25) is 0 Å². The summed E-state index contributed by atoms with van der Waals surface area (Å²) in [7, 11) is 3.69. The van der Waals surface area contributed by atoms with Gasteiger partial charge in [0.1, 0.15) is 6.04 Å². The SMILES string of the molecule is CN[C@@H](CCc1ccc2ccn(C)c2c1)C(=O)O. The van der Waals surface area contributed by atoms with Gasteiger partial charge in [0.2, 0.25) is 0 Å². The van der Waals surface area contributed by atoms with E-state index in [0.29, 0.717) is 6.42 Å². The van der Waals surface area contributed by atoms with E-state index in [1.54, 1.807) is 7.05 Å². The van der Waals surface area contributed by atoms with Crippen molar-refractivity contribution in [1.82, 2.24) is 9.88 Å². The van der Waals surface area contributed by atoms with Gasteiger partial charge in [0.05, 0.1) is 0 Å². The van der Waals surface area contributed by atoms with E-state index < -0.39 is 12.0 Å². The molecule has 2 aromatic rings. The lowest BCUT2D eigenvalue weighted by Gasteiger charge is -2.11. The van der Waals surface area contributed by atoms with Gasteiger partial charge in [-0.05, 0) is 43.0 Å². The predicted molar refractivity (Wildman–Crippen MR) is 71.7 cm³/mol. The van der Waals surface area contributed by atoms with E-state index >= 15 is 0 Å². The van der Waals surface area contributed by atoms with Crippen LogP contribution in [-0.4, -0.2) is 28.7 Å². The van der Waals surface area contributed by atoms with Crippen molar-refractivity contribution in [2.24, 2.45) is 7.05 Å². The van der Waals surface area contributed by atoms with Crippen LogP contribution >= 0.6 is 0 Å². The fourth-order valence-electron chi connectivity index (χ4n) is 2.17. The molecule has 96 valence electrons. The lowest BCUT2D eigenvalue weighted by atomic mass is 10.0. The Hall–Kier alpha value is -1.81. The monoisotopic (exact) mass is 246 g/mol. The van der Waals surface area contributed by atoms with Crippen molar-refractivity contribution < 1.29 is 9.90 Å². The third kappa shape index (κ3) is 2.54. The van der Waals surface area contributed by atoms with Crippen molar-refractivity contribution in [1.29, 1.82) is 0 Å². The molecule has 0 fully saturated rings. The quantitative estimate of drug-likeness (QED) is 0.845. The molecule has 0 bridgehead atoms. The Morgan fingerprint density at radius 1 is 1.44 bits per heavy atom. The van der Waals surface area contributed by atoms with Gasteiger partial charge in [-0.2, -0.15) is 0 Å². The topological polar surface area (TPSA) is 54.3 Å². The molecule has 0 amide bonds. The number of aromatic nitrogens is 1. The molecule has 1 aromatic heterocycles. The molecule has 0 aliphatic rings. The number of benzene rings is 1. The lowest BCUT2D eigenvalue weighted by molar-refractivity contribution is -0.139. The highest BCUT2D eigenvalue weighted by Crippen LogP contribution is 2.17. The Kier molecular flexibility index (Phi) is 3.67. The summed E-state index contributed by atoms with van der Waals surface area (Å²) in [6, 6.07) is 7.88. The van der Waals surface area contributed by atoms with Crippen molar-refractivity contribution in [2.45, 2.75) is 18.9 Å². The van der Waals surface area contributed by atoms with Crippen LogP contribution in [0.3, 0.4) is 0 Å². The van der Waals surface area contributed by atoms with Crippen molar-refractivity contribution in [2.75, 3.05) is 7.05 Å². The van der Waals surface area contributed by atoms with Crippen LogP contribution in [0, 0.1) is 0 Å². The third-order valence-electron chi connectivity index (χ3n) is 3.32. The van der Waals surface area contributed by atoms with Crippen molar-refractivity contribution in [3.63, 3.8) is 0 Å². The molecule has 0 spiro atoms. The van der Waals surface area contributed by atoms with Gasteiger partial charge in [0, 0.05) is 18.8 Å². The molecule has 0 saturated heterocycles. The Labute approximate surface area is 106 Å². The van der Waals surface area contributed by atoms with Crippen LogP contribution in [0.4, 0.5) is 0 Å². The van der Waals surface area contributed by atoms with E-state index in [0.717, 1.165) is 6.42 Å². The Balaban J connectivity index is 2.12. The molecule has 0 aliphatic carbocycles. The average molecular weight is 246 g/mol. The van der Waals surface area contributed by atoms with E-state index in [1.165, 1.54) is 16.5 Å². The summed E-state index contributed by atoms with van der Waals surface area (Å²) in [6.45, 7) is 0. The first-order valence-corrected chi connectivity index (χ1v) is 6.06. The van der Waals surface area contributed by atoms with E-state index in [-0.39, 0.29) is 0 Å². The Morgan fingerprint density at radius 3 is 2.89 bits per heavy atom. The van der Waals surface area contributed by atoms with Gasteiger partial charge in [-0.1, -0.05) is 12.1 Å². The zero-order valence-corrected chi connectivity index (χ0v) is 10.7. The second-order valence-electron chi connectivity index (χ2n) is 4.54. The minimum atomic E-state index is -0.794. The zero-order valence-electron chi connectivity index (χ0n) is 10.7. The Morgan fingerprint density at radius 2 is 2.22 bits per heavy atom. The van der Waals surface area contributed by atoms with Gasteiger partial charge in [-0.25, -0.2) is 0 Å². The number of carboxylic acids is 1. The van der Waals surface area contributed by atoms with Crippen molar-refractivity contribution in [3.05, 3.63) is 36.0 Å². The maximum absolute atomic E-state index is 10.9. The second-order valence-corrected chi connectivity index (χ2v) is 4.54.